The minimum absolute atomic E-state index is 0.0324. The molecule has 0 unspecified atom stereocenters. The minimum Gasteiger partial charge on any atom is -0.456 e. The highest BCUT2D eigenvalue weighted by Gasteiger charge is 2.38. The number of hydrogen-bond acceptors (Lipinski definition) is 3. The van der Waals surface area contributed by atoms with E-state index < -0.39 is 0 Å². The van der Waals surface area contributed by atoms with Crippen LogP contribution in [0.2, 0.25) is 0 Å². The SMILES string of the molecule is CC(C)(C)c1cc(C(C)(C)C)c2oc3cccc(N(c4ccc5oc6ccccc6c5c4)c4cccc5c4-c4ccccc4C5(C)C)c3c2c1. The van der Waals surface area contributed by atoms with Crippen LogP contribution in [0.5, 0.6) is 0 Å². The molecule has 3 nitrogen and oxygen atoms in total. The van der Waals surface area contributed by atoms with Crippen LogP contribution in [0.25, 0.3) is 55.0 Å². The maximum atomic E-state index is 6.90. The lowest BCUT2D eigenvalue weighted by atomic mass is 9.79. The minimum atomic E-state index is -0.129. The van der Waals surface area contributed by atoms with E-state index >= 15 is 0 Å². The van der Waals surface area contributed by atoms with Crippen molar-refractivity contribution in [3.05, 3.63) is 138 Å². The molecule has 0 saturated carbocycles. The number of benzene rings is 6. The van der Waals surface area contributed by atoms with Crippen LogP contribution in [0.1, 0.15) is 77.6 Å². The van der Waals surface area contributed by atoms with Crippen molar-refractivity contribution < 1.29 is 8.83 Å². The standard InChI is InChI=1S/C47H43NO2/c1-45(2,3)28-25-33-43-38(20-14-22-41(43)50-44(33)36(26-28)46(4,5)6)48(29-23-24-40-32(27-29)30-15-10-12-21-39(30)49-40)37-19-13-18-35-42(37)31-16-9-11-17-34(31)47(35,7)8/h9-27H,1-8H3. The zero-order chi connectivity index (χ0) is 34.7. The lowest BCUT2D eigenvalue weighted by Gasteiger charge is -2.29. The van der Waals surface area contributed by atoms with Gasteiger partial charge in [0, 0.05) is 38.4 Å². The van der Waals surface area contributed by atoms with E-state index in [1.165, 1.54) is 33.4 Å². The quantitative estimate of drug-likeness (QED) is 0.190. The summed E-state index contributed by atoms with van der Waals surface area (Å²) >= 11 is 0. The zero-order valence-electron chi connectivity index (χ0n) is 30.2. The lowest BCUT2D eigenvalue weighted by molar-refractivity contribution is 0.559. The second-order valence-electron chi connectivity index (χ2n) is 16.6. The Bertz CT molecular complexity index is 2650. The van der Waals surface area contributed by atoms with Gasteiger partial charge >= 0.3 is 0 Å². The molecule has 0 spiro atoms. The van der Waals surface area contributed by atoms with Crippen LogP contribution in [0.4, 0.5) is 17.1 Å². The summed E-state index contributed by atoms with van der Waals surface area (Å²) in [5, 5.41) is 4.50. The average molecular weight is 654 g/mol. The number of fused-ring (bicyclic) bond motifs is 9. The van der Waals surface area contributed by atoms with Crippen molar-refractivity contribution in [3.8, 4) is 11.1 Å². The molecule has 0 amide bonds. The third-order valence-corrected chi connectivity index (χ3v) is 10.9. The Morgan fingerprint density at radius 2 is 1.22 bits per heavy atom. The van der Waals surface area contributed by atoms with Gasteiger partial charge in [-0.25, -0.2) is 0 Å². The molecule has 8 aromatic rings. The molecule has 9 rings (SSSR count). The molecule has 0 saturated heterocycles. The topological polar surface area (TPSA) is 29.5 Å². The predicted molar refractivity (Wildman–Crippen MR) is 211 cm³/mol. The molecule has 0 bridgehead atoms. The first-order valence-corrected chi connectivity index (χ1v) is 17.8. The van der Waals surface area contributed by atoms with Crippen molar-refractivity contribution in [3.63, 3.8) is 0 Å². The summed E-state index contributed by atoms with van der Waals surface area (Å²) in [6, 6.07) is 42.0. The molecule has 1 aliphatic rings. The fourth-order valence-corrected chi connectivity index (χ4v) is 8.27. The van der Waals surface area contributed by atoms with E-state index in [-0.39, 0.29) is 16.2 Å². The number of rotatable bonds is 3. The molecule has 0 atom stereocenters. The predicted octanol–water partition coefficient (Wildman–Crippen LogP) is 13.9. The monoisotopic (exact) mass is 653 g/mol. The third kappa shape index (κ3) is 4.42. The normalized spacial score (nSPS) is 14.2. The van der Waals surface area contributed by atoms with Gasteiger partial charge in [0.15, 0.2) is 0 Å². The Balaban J connectivity index is 1.42. The van der Waals surface area contributed by atoms with Crippen LogP contribution in [0.3, 0.4) is 0 Å². The molecule has 6 aromatic carbocycles. The molecule has 0 radical (unpaired) electrons. The Kier molecular flexibility index (Phi) is 6.38. The second-order valence-corrected chi connectivity index (χ2v) is 16.6. The smallest absolute Gasteiger partial charge is 0.139 e. The molecule has 0 N–H and O–H groups in total. The maximum Gasteiger partial charge on any atom is 0.139 e. The molecule has 3 heteroatoms. The highest BCUT2D eigenvalue weighted by Crippen LogP contribution is 2.55. The summed E-state index contributed by atoms with van der Waals surface area (Å²) in [5.74, 6) is 0. The average Bonchev–Trinajstić information content (AvgIpc) is 3.72. The Labute approximate surface area is 294 Å². The van der Waals surface area contributed by atoms with Crippen molar-refractivity contribution in [1.82, 2.24) is 0 Å². The van der Waals surface area contributed by atoms with E-state index in [0.717, 1.165) is 60.9 Å². The fraction of sp³-hybridized carbons (Fsp3) is 0.234. The van der Waals surface area contributed by atoms with Crippen LogP contribution in [0, 0.1) is 0 Å². The Hall–Kier alpha value is -5.28. The van der Waals surface area contributed by atoms with Crippen molar-refractivity contribution in [2.45, 2.75) is 71.6 Å². The number of anilines is 3. The molecule has 0 aliphatic heterocycles. The van der Waals surface area contributed by atoms with Gasteiger partial charge in [-0.1, -0.05) is 122 Å². The van der Waals surface area contributed by atoms with E-state index in [1.807, 2.05) is 12.1 Å². The molecule has 1 aliphatic carbocycles. The van der Waals surface area contributed by atoms with E-state index in [4.69, 9.17) is 8.83 Å². The van der Waals surface area contributed by atoms with Gasteiger partial charge in [-0.15, -0.1) is 0 Å². The van der Waals surface area contributed by atoms with Crippen molar-refractivity contribution in [2.24, 2.45) is 0 Å². The maximum absolute atomic E-state index is 6.90. The third-order valence-electron chi connectivity index (χ3n) is 10.9. The van der Waals surface area contributed by atoms with Gasteiger partial charge in [0.25, 0.3) is 0 Å². The largest absolute Gasteiger partial charge is 0.456 e. The van der Waals surface area contributed by atoms with Gasteiger partial charge in [-0.05, 0) is 81.6 Å². The Morgan fingerprint density at radius 1 is 0.540 bits per heavy atom. The summed E-state index contributed by atoms with van der Waals surface area (Å²) in [6.07, 6.45) is 0. The van der Waals surface area contributed by atoms with Gasteiger partial charge < -0.3 is 13.7 Å². The van der Waals surface area contributed by atoms with Crippen LogP contribution in [0.15, 0.2) is 124 Å². The molecule has 248 valence electrons. The first-order chi connectivity index (χ1) is 23.8. The van der Waals surface area contributed by atoms with Crippen molar-refractivity contribution >= 4 is 60.9 Å². The molecule has 2 aromatic heterocycles. The summed E-state index contributed by atoms with van der Waals surface area (Å²) in [7, 11) is 0. The van der Waals surface area contributed by atoms with Crippen LogP contribution in [-0.2, 0) is 16.2 Å². The van der Waals surface area contributed by atoms with Gasteiger partial charge in [0.1, 0.15) is 22.3 Å². The van der Waals surface area contributed by atoms with E-state index in [9.17, 15) is 0 Å². The number of furan rings is 2. The summed E-state index contributed by atoms with van der Waals surface area (Å²) in [4.78, 5) is 2.47. The zero-order valence-corrected chi connectivity index (χ0v) is 30.2. The van der Waals surface area contributed by atoms with Gasteiger partial charge in [-0.2, -0.15) is 0 Å². The van der Waals surface area contributed by atoms with E-state index in [0.29, 0.717) is 0 Å². The summed E-state index contributed by atoms with van der Waals surface area (Å²) in [6.45, 7) is 18.4. The highest BCUT2D eigenvalue weighted by molar-refractivity contribution is 6.16. The lowest BCUT2D eigenvalue weighted by Crippen LogP contribution is -2.16. The highest BCUT2D eigenvalue weighted by atomic mass is 16.3. The Morgan fingerprint density at radius 3 is 2.02 bits per heavy atom. The van der Waals surface area contributed by atoms with Crippen LogP contribution >= 0.6 is 0 Å². The number of para-hydroxylation sites is 1. The van der Waals surface area contributed by atoms with Crippen LogP contribution in [-0.4, -0.2) is 0 Å². The fourth-order valence-electron chi connectivity index (χ4n) is 8.27. The first-order valence-electron chi connectivity index (χ1n) is 17.8. The number of hydrogen-bond donors (Lipinski definition) is 0. The van der Waals surface area contributed by atoms with Crippen molar-refractivity contribution in [1.29, 1.82) is 0 Å². The number of nitrogens with zero attached hydrogens (tertiary/aromatic N) is 1. The van der Waals surface area contributed by atoms with Crippen molar-refractivity contribution in [2.75, 3.05) is 4.90 Å². The molecular formula is C47H43NO2. The summed E-state index contributed by atoms with van der Waals surface area (Å²) in [5.41, 5.74) is 14.5. The van der Waals surface area contributed by atoms with Gasteiger partial charge in [0.2, 0.25) is 0 Å². The first kappa shape index (κ1) is 30.8. The molecular weight excluding hydrogens is 611 g/mol. The summed E-state index contributed by atoms with van der Waals surface area (Å²) < 4.78 is 13.2. The van der Waals surface area contributed by atoms with E-state index in [1.54, 1.807) is 0 Å². The molecule has 50 heavy (non-hydrogen) atoms. The van der Waals surface area contributed by atoms with Crippen LogP contribution < -0.4 is 4.90 Å². The molecule has 2 heterocycles. The van der Waals surface area contributed by atoms with E-state index in [2.05, 4.69) is 163 Å². The molecule has 0 fully saturated rings. The van der Waals surface area contributed by atoms with Gasteiger partial charge in [-0.3, -0.25) is 0 Å². The van der Waals surface area contributed by atoms with Gasteiger partial charge in [0.05, 0.1) is 16.8 Å². The second kappa shape index (κ2) is 10.4.